The van der Waals surface area contributed by atoms with Gasteiger partial charge in [-0.15, -0.1) is 0 Å². The van der Waals surface area contributed by atoms with Gasteiger partial charge in [0.15, 0.2) is 17.4 Å². The number of aromatic amines is 1. The predicted octanol–water partition coefficient (Wildman–Crippen LogP) is -2.43. The van der Waals surface area contributed by atoms with Crippen molar-refractivity contribution in [2.75, 3.05) is 37.8 Å². The molecule has 0 bridgehead atoms. The molecule has 11 nitrogen and oxygen atoms in total. The summed E-state index contributed by atoms with van der Waals surface area (Å²) >= 11 is 0. The van der Waals surface area contributed by atoms with Crippen molar-refractivity contribution in [1.29, 1.82) is 0 Å². The fourth-order valence-electron chi connectivity index (χ4n) is 3.22. The lowest BCUT2D eigenvalue weighted by Gasteiger charge is -2.30. The molecule has 2 aliphatic heterocycles. The number of nitrogens with one attached hydrogen (secondary N) is 1. The molecule has 0 amide bonds. The van der Waals surface area contributed by atoms with Gasteiger partial charge in [0.05, 0.1) is 26.1 Å². The maximum absolute atomic E-state index is 12.1. The molecule has 2 aromatic heterocycles. The summed E-state index contributed by atoms with van der Waals surface area (Å²) in [6.07, 6.45) is -3.27. The quantitative estimate of drug-likeness (QED) is 0.473. The van der Waals surface area contributed by atoms with Gasteiger partial charge >= 0.3 is 0 Å². The zero-order valence-corrected chi connectivity index (χ0v) is 13.3. The highest BCUT2D eigenvalue weighted by Gasteiger charge is 2.45. The van der Waals surface area contributed by atoms with Gasteiger partial charge in [-0.3, -0.25) is 9.36 Å². The van der Waals surface area contributed by atoms with E-state index in [1.54, 1.807) is 0 Å². The Labute approximate surface area is 141 Å². The van der Waals surface area contributed by atoms with E-state index in [-0.39, 0.29) is 11.2 Å². The summed E-state index contributed by atoms with van der Waals surface area (Å²) in [6, 6.07) is 0. The number of rotatable bonds is 3. The third-order valence-corrected chi connectivity index (χ3v) is 4.53. The van der Waals surface area contributed by atoms with E-state index < -0.39 is 36.7 Å². The number of ether oxygens (including phenoxy) is 2. The van der Waals surface area contributed by atoms with E-state index >= 15 is 0 Å². The highest BCUT2D eigenvalue weighted by atomic mass is 16.6. The smallest absolute Gasteiger partial charge is 0.278 e. The molecule has 4 heterocycles. The molecule has 2 aliphatic rings. The van der Waals surface area contributed by atoms with Crippen molar-refractivity contribution in [3.63, 3.8) is 0 Å². The third kappa shape index (κ3) is 2.60. The first-order valence-corrected chi connectivity index (χ1v) is 8.02. The minimum atomic E-state index is -1.30. The van der Waals surface area contributed by atoms with E-state index in [0.29, 0.717) is 32.3 Å². The molecule has 0 unspecified atom stereocenters. The molecule has 0 aromatic carbocycles. The van der Waals surface area contributed by atoms with Crippen molar-refractivity contribution < 1.29 is 24.8 Å². The fraction of sp³-hybridized carbons (Fsp3) is 0.643. The van der Waals surface area contributed by atoms with Crippen LogP contribution in [0.5, 0.6) is 0 Å². The molecule has 0 radical (unpaired) electrons. The van der Waals surface area contributed by atoms with Crippen LogP contribution in [0.15, 0.2) is 11.1 Å². The van der Waals surface area contributed by atoms with Crippen LogP contribution in [0.3, 0.4) is 0 Å². The number of imidazole rings is 1. The Balaban J connectivity index is 1.86. The second-order valence-corrected chi connectivity index (χ2v) is 6.01. The molecular formula is C14H19N5O6. The van der Waals surface area contributed by atoms with Crippen molar-refractivity contribution in [3.05, 3.63) is 16.7 Å². The highest BCUT2D eigenvalue weighted by molar-refractivity contribution is 5.73. The number of nitrogens with zero attached hydrogens (tertiary/aromatic N) is 4. The van der Waals surface area contributed by atoms with E-state index in [0.717, 1.165) is 0 Å². The van der Waals surface area contributed by atoms with Gasteiger partial charge < -0.3 is 34.7 Å². The van der Waals surface area contributed by atoms with Crippen LogP contribution in [0.1, 0.15) is 6.23 Å². The number of fused-ring (bicyclic) bond motifs is 1. The van der Waals surface area contributed by atoms with Crippen LogP contribution in [0.4, 0.5) is 5.95 Å². The number of morpholine rings is 1. The van der Waals surface area contributed by atoms with Crippen molar-refractivity contribution in [2.24, 2.45) is 0 Å². The number of anilines is 1. The number of hydrogen-bond donors (Lipinski definition) is 4. The minimum Gasteiger partial charge on any atom is -0.394 e. The molecule has 11 heteroatoms. The largest absolute Gasteiger partial charge is 0.394 e. The van der Waals surface area contributed by atoms with E-state index in [1.807, 2.05) is 4.90 Å². The molecule has 4 atom stereocenters. The summed E-state index contributed by atoms with van der Waals surface area (Å²) in [5.41, 5.74) is -0.0631. The minimum absolute atomic E-state index is 0.113. The zero-order chi connectivity index (χ0) is 17.6. The Kier molecular flexibility index (Phi) is 4.17. The van der Waals surface area contributed by atoms with Gasteiger partial charge in [-0.2, -0.15) is 0 Å². The third-order valence-electron chi connectivity index (χ3n) is 4.53. The second-order valence-electron chi connectivity index (χ2n) is 6.01. The van der Waals surface area contributed by atoms with Crippen LogP contribution >= 0.6 is 0 Å². The molecule has 2 aromatic rings. The van der Waals surface area contributed by atoms with Gasteiger partial charge in [0.25, 0.3) is 5.56 Å². The molecule has 2 fully saturated rings. The molecule has 136 valence electrons. The summed E-state index contributed by atoms with van der Waals surface area (Å²) in [4.78, 5) is 25.0. The lowest BCUT2D eigenvalue weighted by molar-refractivity contribution is -0.0506. The molecule has 0 saturated carbocycles. The average Bonchev–Trinajstić information content (AvgIpc) is 3.15. The molecule has 0 spiro atoms. The van der Waals surface area contributed by atoms with Crippen molar-refractivity contribution >= 4 is 17.1 Å². The molecule has 25 heavy (non-hydrogen) atoms. The Morgan fingerprint density at radius 2 is 2.04 bits per heavy atom. The van der Waals surface area contributed by atoms with E-state index in [2.05, 4.69) is 15.0 Å². The lowest BCUT2D eigenvalue weighted by Crippen LogP contribution is -2.39. The SMILES string of the molecule is O=c1[nH]cnc2c1nc(N1CCOCC1)n2[C@H]1O[C@@H](CO)[C@@H](O)[C@H]1O. The van der Waals surface area contributed by atoms with Gasteiger partial charge in [0.1, 0.15) is 18.3 Å². The van der Waals surface area contributed by atoms with E-state index in [9.17, 15) is 20.1 Å². The first kappa shape index (κ1) is 16.4. The number of aromatic nitrogens is 4. The van der Waals surface area contributed by atoms with Gasteiger partial charge in [-0.05, 0) is 0 Å². The Morgan fingerprint density at radius 1 is 1.28 bits per heavy atom. The summed E-state index contributed by atoms with van der Waals surface area (Å²) < 4.78 is 12.5. The molecule has 0 aliphatic carbocycles. The molecule has 4 rings (SSSR count). The van der Waals surface area contributed by atoms with Gasteiger partial charge in [-0.25, -0.2) is 9.97 Å². The normalized spacial score (nSPS) is 30.3. The van der Waals surface area contributed by atoms with E-state index in [4.69, 9.17) is 9.47 Å². The Hall–Kier alpha value is -2.05. The van der Waals surface area contributed by atoms with Crippen LogP contribution < -0.4 is 10.5 Å². The molecular weight excluding hydrogens is 334 g/mol. The topological polar surface area (TPSA) is 146 Å². The number of aliphatic hydroxyl groups excluding tert-OH is 3. The van der Waals surface area contributed by atoms with Crippen LogP contribution in [-0.4, -0.2) is 86.1 Å². The summed E-state index contributed by atoms with van der Waals surface area (Å²) in [6.45, 7) is 1.67. The number of H-pyrrole nitrogens is 1. The van der Waals surface area contributed by atoms with Gasteiger partial charge in [-0.1, -0.05) is 0 Å². The van der Waals surface area contributed by atoms with Crippen LogP contribution in [-0.2, 0) is 9.47 Å². The average molecular weight is 353 g/mol. The maximum Gasteiger partial charge on any atom is 0.278 e. The first-order valence-electron chi connectivity index (χ1n) is 8.02. The van der Waals surface area contributed by atoms with E-state index in [1.165, 1.54) is 10.9 Å². The second kappa shape index (κ2) is 6.35. The summed E-state index contributed by atoms with van der Waals surface area (Å²) in [5.74, 6) is 0.400. The zero-order valence-electron chi connectivity index (χ0n) is 13.3. The van der Waals surface area contributed by atoms with Crippen LogP contribution in [0, 0.1) is 0 Å². The summed E-state index contributed by atoms with van der Waals surface area (Å²) in [7, 11) is 0. The number of aliphatic hydroxyl groups is 3. The van der Waals surface area contributed by atoms with Crippen molar-refractivity contribution in [3.8, 4) is 0 Å². The van der Waals surface area contributed by atoms with Crippen molar-refractivity contribution in [2.45, 2.75) is 24.5 Å². The predicted molar refractivity (Wildman–Crippen MR) is 84.2 cm³/mol. The lowest BCUT2D eigenvalue weighted by atomic mass is 10.1. The van der Waals surface area contributed by atoms with Crippen molar-refractivity contribution in [1.82, 2.24) is 19.5 Å². The maximum atomic E-state index is 12.1. The first-order chi connectivity index (χ1) is 12.1. The highest BCUT2D eigenvalue weighted by Crippen LogP contribution is 2.34. The fourth-order valence-corrected chi connectivity index (χ4v) is 3.22. The van der Waals surface area contributed by atoms with Gasteiger partial charge in [0, 0.05) is 13.1 Å². The number of hydrogen-bond acceptors (Lipinski definition) is 9. The standard InChI is InChI=1S/C14H19N5O6/c20-5-7-9(21)10(22)13(25-7)19-11-8(12(23)16-6-15-11)17-14(19)18-1-3-24-4-2-18/h6-7,9-10,13,20-22H,1-5H2,(H,15,16,23)/t7-,9+,10+,13-/m0/s1. The van der Waals surface area contributed by atoms with Crippen LogP contribution in [0.25, 0.3) is 11.2 Å². The Morgan fingerprint density at radius 3 is 2.72 bits per heavy atom. The molecule has 4 N–H and O–H groups in total. The monoisotopic (exact) mass is 353 g/mol. The molecule has 2 saturated heterocycles. The van der Waals surface area contributed by atoms with Crippen LogP contribution in [0.2, 0.25) is 0 Å². The van der Waals surface area contributed by atoms with Gasteiger partial charge in [0.2, 0.25) is 5.95 Å². The summed E-state index contributed by atoms with van der Waals surface area (Å²) in [5, 5.41) is 29.8. The Bertz CT molecular complexity index is 816.